The van der Waals surface area contributed by atoms with Gasteiger partial charge in [-0.25, -0.2) is 0 Å². The zero-order chi connectivity index (χ0) is 16.0. The smallest absolute Gasteiger partial charge is 0.441 e. The molecule has 1 amide bonds. The standard InChI is InChI=1S/C12H15F3N2O3S/c13-12(14,15)21-4-3-17-11(20)8(16)5-7-1-2-9(18)10(19)6-7/h1-2,6,8,18-19H,3-5,16H2,(H,17,20)/t8-/m0/s1. The van der Waals surface area contributed by atoms with Gasteiger partial charge in [0.1, 0.15) is 0 Å². The molecule has 1 aromatic carbocycles. The highest BCUT2D eigenvalue weighted by Gasteiger charge is 2.27. The number of carbonyl (C=O) groups is 1. The monoisotopic (exact) mass is 324 g/mol. The molecule has 0 aliphatic rings. The Morgan fingerprint density at radius 2 is 2.00 bits per heavy atom. The van der Waals surface area contributed by atoms with Gasteiger partial charge in [-0.2, -0.15) is 13.2 Å². The number of phenolic OH excluding ortho intramolecular Hbond substituents is 2. The fourth-order valence-corrected chi connectivity index (χ4v) is 1.95. The highest BCUT2D eigenvalue weighted by molar-refractivity contribution is 8.00. The minimum Gasteiger partial charge on any atom is -0.504 e. The molecule has 0 fully saturated rings. The number of thioether (sulfide) groups is 1. The quantitative estimate of drug-likeness (QED) is 0.468. The van der Waals surface area contributed by atoms with E-state index in [1.807, 2.05) is 0 Å². The number of amides is 1. The summed E-state index contributed by atoms with van der Waals surface area (Å²) in [7, 11) is 0. The number of nitrogens with one attached hydrogen (secondary N) is 1. The number of hydrogen-bond donors (Lipinski definition) is 4. The lowest BCUT2D eigenvalue weighted by atomic mass is 10.1. The Bertz CT molecular complexity index is 497. The van der Waals surface area contributed by atoms with Crippen molar-refractivity contribution in [3.8, 4) is 11.5 Å². The van der Waals surface area contributed by atoms with Crippen LogP contribution >= 0.6 is 11.8 Å². The van der Waals surface area contributed by atoms with Gasteiger partial charge in [0.05, 0.1) is 6.04 Å². The van der Waals surface area contributed by atoms with E-state index in [9.17, 15) is 23.1 Å². The molecule has 0 saturated carbocycles. The van der Waals surface area contributed by atoms with Crippen molar-refractivity contribution in [1.29, 1.82) is 0 Å². The Morgan fingerprint density at radius 1 is 1.33 bits per heavy atom. The predicted molar refractivity (Wildman–Crippen MR) is 73.0 cm³/mol. The molecule has 1 aromatic rings. The molecule has 0 unspecified atom stereocenters. The Morgan fingerprint density at radius 3 is 2.57 bits per heavy atom. The van der Waals surface area contributed by atoms with E-state index in [2.05, 4.69) is 5.32 Å². The SMILES string of the molecule is N[C@@H](Cc1ccc(O)c(O)c1)C(=O)NCCSC(F)(F)F. The summed E-state index contributed by atoms with van der Waals surface area (Å²) in [6.45, 7) is -0.141. The normalized spacial score (nSPS) is 13.0. The molecule has 21 heavy (non-hydrogen) atoms. The molecule has 5 nitrogen and oxygen atoms in total. The highest BCUT2D eigenvalue weighted by Crippen LogP contribution is 2.29. The van der Waals surface area contributed by atoms with E-state index >= 15 is 0 Å². The fraction of sp³-hybridized carbons (Fsp3) is 0.417. The van der Waals surface area contributed by atoms with Gasteiger partial charge in [-0.1, -0.05) is 6.07 Å². The van der Waals surface area contributed by atoms with Crippen LogP contribution in [0.5, 0.6) is 11.5 Å². The summed E-state index contributed by atoms with van der Waals surface area (Å²) in [5.41, 5.74) is 1.82. The van der Waals surface area contributed by atoms with Crippen LogP contribution in [0.3, 0.4) is 0 Å². The van der Waals surface area contributed by atoms with Crippen LogP contribution in [0.1, 0.15) is 5.56 Å². The lowest BCUT2D eigenvalue weighted by molar-refractivity contribution is -0.122. The third-order valence-electron chi connectivity index (χ3n) is 2.50. The van der Waals surface area contributed by atoms with Crippen molar-refractivity contribution < 1.29 is 28.2 Å². The van der Waals surface area contributed by atoms with Gasteiger partial charge in [0.15, 0.2) is 11.5 Å². The molecule has 0 saturated heterocycles. The number of alkyl halides is 3. The van der Waals surface area contributed by atoms with Crippen LogP contribution in [0.4, 0.5) is 13.2 Å². The minimum absolute atomic E-state index is 0.0894. The molecule has 9 heteroatoms. The summed E-state index contributed by atoms with van der Waals surface area (Å²) in [5, 5.41) is 20.7. The van der Waals surface area contributed by atoms with Gasteiger partial charge in [-0.3, -0.25) is 4.79 Å². The zero-order valence-electron chi connectivity index (χ0n) is 10.9. The van der Waals surface area contributed by atoms with Gasteiger partial charge >= 0.3 is 5.51 Å². The maximum atomic E-state index is 11.9. The van der Waals surface area contributed by atoms with Crippen LogP contribution in [0.25, 0.3) is 0 Å². The molecule has 5 N–H and O–H groups in total. The Labute approximate surface area is 123 Å². The van der Waals surface area contributed by atoms with E-state index in [1.165, 1.54) is 18.2 Å². The minimum atomic E-state index is -4.32. The number of benzene rings is 1. The average molecular weight is 324 g/mol. The number of hydrogen-bond acceptors (Lipinski definition) is 5. The first-order valence-electron chi connectivity index (χ1n) is 5.94. The van der Waals surface area contributed by atoms with Gasteiger partial charge < -0.3 is 21.3 Å². The van der Waals surface area contributed by atoms with Crippen molar-refractivity contribution in [3.63, 3.8) is 0 Å². The summed E-state index contributed by atoms with van der Waals surface area (Å²) >= 11 is -0.222. The zero-order valence-corrected chi connectivity index (χ0v) is 11.7. The molecule has 118 valence electrons. The first-order chi connectivity index (χ1) is 9.69. The summed E-state index contributed by atoms with van der Waals surface area (Å²) in [5.74, 6) is -1.49. The van der Waals surface area contributed by atoms with Crippen molar-refractivity contribution in [1.82, 2.24) is 5.32 Å². The second kappa shape index (κ2) is 7.41. The molecule has 0 aromatic heterocycles. The predicted octanol–water partition coefficient (Wildman–Crippen LogP) is 1.34. The molecule has 1 rings (SSSR count). The number of phenols is 2. The van der Waals surface area contributed by atoms with E-state index in [4.69, 9.17) is 10.8 Å². The third-order valence-corrected chi connectivity index (χ3v) is 3.23. The largest absolute Gasteiger partial charge is 0.504 e. The van der Waals surface area contributed by atoms with Crippen LogP contribution in [-0.2, 0) is 11.2 Å². The maximum absolute atomic E-state index is 11.9. The number of nitrogens with two attached hydrogens (primary N) is 1. The van der Waals surface area contributed by atoms with Crippen LogP contribution < -0.4 is 11.1 Å². The van der Waals surface area contributed by atoms with Crippen LogP contribution in [0.15, 0.2) is 18.2 Å². The van der Waals surface area contributed by atoms with Gasteiger partial charge in [0.25, 0.3) is 0 Å². The van der Waals surface area contributed by atoms with E-state index in [0.29, 0.717) is 5.56 Å². The average Bonchev–Trinajstić information content (AvgIpc) is 2.37. The van der Waals surface area contributed by atoms with Crippen molar-refractivity contribution in [2.45, 2.75) is 18.0 Å². The summed E-state index contributed by atoms with van der Waals surface area (Å²) in [6, 6.07) is 3.06. The highest BCUT2D eigenvalue weighted by atomic mass is 32.2. The van der Waals surface area contributed by atoms with E-state index in [-0.39, 0.29) is 42.0 Å². The van der Waals surface area contributed by atoms with Crippen LogP contribution in [-0.4, -0.2) is 40.0 Å². The lowest BCUT2D eigenvalue weighted by Gasteiger charge is -2.13. The molecule has 1 atom stereocenters. The summed E-state index contributed by atoms with van der Waals surface area (Å²) in [4.78, 5) is 11.6. The maximum Gasteiger partial charge on any atom is 0.441 e. The van der Waals surface area contributed by atoms with Crippen LogP contribution in [0, 0.1) is 0 Å². The molecule has 0 spiro atoms. The number of carbonyl (C=O) groups excluding carboxylic acids is 1. The lowest BCUT2D eigenvalue weighted by Crippen LogP contribution is -2.42. The van der Waals surface area contributed by atoms with E-state index < -0.39 is 17.5 Å². The van der Waals surface area contributed by atoms with E-state index in [1.54, 1.807) is 0 Å². The van der Waals surface area contributed by atoms with Crippen molar-refractivity contribution in [3.05, 3.63) is 23.8 Å². The first kappa shape index (κ1) is 17.4. The fourth-order valence-electron chi connectivity index (χ4n) is 1.51. The molecular weight excluding hydrogens is 309 g/mol. The number of rotatable bonds is 6. The Kier molecular flexibility index (Phi) is 6.16. The van der Waals surface area contributed by atoms with Crippen molar-refractivity contribution >= 4 is 17.7 Å². The van der Waals surface area contributed by atoms with Gasteiger partial charge in [0, 0.05) is 12.3 Å². The second-order valence-electron chi connectivity index (χ2n) is 4.22. The van der Waals surface area contributed by atoms with Gasteiger partial charge in [0.2, 0.25) is 5.91 Å². The summed E-state index contributed by atoms with van der Waals surface area (Å²) < 4.78 is 35.6. The van der Waals surface area contributed by atoms with Gasteiger partial charge in [-0.15, -0.1) is 0 Å². The topological polar surface area (TPSA) is 95.6 Å². The Balaban J connectivity index is 2.39. The molecular formula is C12H15F3N2O3S. The molecule has 0 aliphatic heterocycles. The van der Waals surface area contributed by atoms with E-state index in [0.717, 1.165) is 0 Å². The Hall–Kier alpha value is -1.61. The molecule has 0 radical (unpaired) electrons. The second-order valence-corrected chi connectivity index (χ2v) is 5.38. The van der Waals surface area contributed by atoms with Crippen molar-refractivity contribution in [2.75, 3.05) is 12.3 Å². The van der Waals surface area contributed by atoms with Gasteiger partial charge in [-0.05, 0) is 35.9 Å². The summed E-state index contributed by atoms with van der Waals surface area (Å²) in [6.07, 6.45) is 0.0894. The first-order valence-corrected chi connectivity index (χ1v) is 6.92. The van der Waals surface area contributed by atoms with Crippen molar-refractivity contribution in [2.24, 2.45) is 5.73 Å². The van der Waals surface area contributed by atoms with Crippen LogP contribution in [0.2, 0.25) is 0 Å². The molecule has 0 aliphatic carbocycles. The number of halogens is 3. The molecule has 0 bridgehead atoms. The number of aromatic hydroxyl groups is 2. The molecule has 0 heterocycles. The third kappa shape index (κ3) is 6.58.